The molecule has 1 heterocycles. The highest BCUT2D eigenvalue weighted by Gasteiger charge is 2.09. The van der Waals surface area contributed by atoms with Crippen LogP contribution in [0.25, 0.3) is 11.0 Å². The molecule has 0 unspecified atom stereocenters. The minimum atomic E-state index is -0.590. The highest BCUT2D eigenvalue weighted by Crippen LogP contribution is 2.30. The summed E-state index contributed by atoms with van der Waals surface area (Å²) in [7, 11) is 0. The number of hydrogen-bond donors (Lipinski definition) is 1. The first kappa shape index (κ1) is 15.9. The Balaban J connectivity index is 1.60. The molecule has 5 nitrogen and oxygen atoms in total. The number of aryl methyl sites for hydroxylation is 1. The van der Waals surface area contributed by atoms with Crippen molar-refractivity contribution in [1.82, 2.24) is 0 Å². The van der Waals surface area contributed by atoms with Crippen LogP contribution in [0.3, 0.4) is 0 Å². The maximum absolute atomic E-state index is 11.4. The minimum Gasteiger partial charge on any atom is -0.507 e. The summed E-state index contributed by atoms with van der Waals surface area (Å²) in [6.45, 7) is 2.85. The molecule has 0 saturated carbocycles. The zero-order valence-electron chi connectivity index (χ0n) is 13.3. The minimum absolute atomic E-state index is 0.0819. The van der Waals surface area contributed by atoms with Gasteiger partial charge < -0.3 is 19.0 Å². The molecule has 0 fully saturated rings. The second-order valence-electron chi connectivity index (χ2n) is 5.43. The molecule has 1 N–H and O–H groups in total. The van der Waals surface area contributed by atoms with Crippen LogP contribution in [0.4, 0.5) is 0 Å². The summed E-state index contributed by atoms with van der Waals surface area (Å²) in [6, 6.07) is 14.1. The second-order valence-corrected chi connectivity index (χ2v) is 5.43. The Morgan fingerprint density at radius 1 is 1.00 bits per heavy atom. The number of hydrogen-bond acceptors (Lipinski definition) is 5. The maximum Gasteiger partial charge on any atom is 0.339 e. The van der Waals surface area contributed by atoms with Crippen LogP contribution in [-0.4, -0.2) is 18.3 Å². The van der Waals surface area contributed by atoms with E-state index in [2.05, 4.69) is 0 Å². The molecule has 124 valence electrons. The molecule has 0 spiro atoms. The van der Waals surface area contributed by atoms with E-state index in [4.69, 9.17) is 13.9 Å². The Kier molecular flexibility index (Phi) is 4.70. The van der Waals surface area contributed by atoms with Crippen LogP contribution >= 0.6 is 0 Å². The standard InChI is InChI=1S/C19H18O5/c1-13-10-15(11-17-19(13)16(20)12-18(21)24-17)23-9-5-8-22-14-6-3-2-4-7-14/h2-4,6-7,10-12,20H,5,8-9H2,1H3. The van der Waals surface area contributed by atoms with Crippen molar-refractivity contribution in [3.05, 3.63) is 64.5 Å². The van der Waals surface area contributed by atoms with E-state index in [0.29, 0.717) is 29.9 Å². The van der Waals surface area contributed by atoms with Crippen molar-refractivity contribution in [2.75, 3.05) is 13.2 Å². The Labute approximate surface area is 139 Å². The molecule has 0 aliphatic rings. The second kappa shape index (κ2) is 7.08. The van der Waals surface area contributed by atoms with Crippen molar-refractivity contribution in [2.45, 2.75) is 13.3 Å². The van der Waals surface area contributed by atoms with Gasteiger partial charge in [-0.3, -0.25) is 0 Å². The fourth-order valence-electron chi connectivity index (χ4n) is 2.49. The summed E-state index contributed by atoms with van der Waals surface area (Å²) in [4.78, 5) is 11.4. The van der Waals surface area contributed by atoms with Gasteiger partial charge in [-0.2, -0.15) is 0 Å². The van der Waals surface area contributed by atoms with Gasteiger partial charge in [0.25, 0.3) is 0 Å². The van der Waals surface area contributed by atoms with Crippen LogP contribution < -0.4 is 15.1 Å². The van der Waals surface area contributed by atoms with Crippen molar-refractivity contribution in [3.8, 4) is 17.2 Å². The molecule has 0 atom stereocenters. The van der Waals surface area contributed by atoms with Crippen molar-refractivity contribution < 1.29 is 19.0 Å². The molecule has 0 aliphatic heterocycles. The van der Waals surface area contributed by atoms with E-state index >= 15 is 0 Å². The van der Waals surface area contributed by atoms with Crippen LogP contribution in [-0.2, 0) is 0 Å². The number of benzene rings is 2. The smallest absolute Gasteiger partial charge is 0.339 e. The lowest BCUT2D eigenvalue weighted by atomic mass is 10.1. The quantitative estimate of drug-likeness (QED) is 0.553. The topological polar surface area (TPSA) is 68.9 Å². The van der Waals surface area contributed by atoms with Crippen molar-refractivity contribution in [1.29, 1.82) is 0 Å². The van der Waals surface area contributed by atoms with Gasteiger partial charge in [0.15, 0.2) is 0 Å². The van der Waals surface area contributed by atoms with Crippen LogP contribution in [0.5, 0.6) is 17.2 Å². The molecule has 0 radical (unpaired) electrons. The fraction of sp³-hybridized carbons (Fsp3) is 0.211. The van der Waals surface area contributed by atoms with Crippen LogP contribution in [0.15, 0.2) is 57.7 Å². The molecule has 3 aromatic rings. The lowest BCUT2D eigenvalue weighted by molar-refractivity contribution is 0.247. The molecule has 5 heteroatoms. The number of fused-ring (bicyclic) bond motifs is 1. The highest BCUT2D eigenvalue weighted by atomic mass is 16.5. The van der Waals surface area contributed by atoms with Gasteiger partial charge in [-0.25, -0.2) is 4.79 Å². The van der Waals surface area contributed by atoms with Gasteiger partial charge in [0.05, 0.1) is 24.7 Å². The summed E-state index contributed by atoms with van der Waals surface area (Å²) in [6.07, 6.45) is 0.718. The highest BCUT2D eigenvalue weighted by molar-refractivity contribution is 5.87. The van der Waals surface area contributed by atoms with E-state index < -0.39 is 5.63 Å². The lowest BCUT2D eigenvalue weighted by Gasteiger charge is -2.10. The van der Waals surface area contributed by atoms with Gasteiger partial charge in [-0.15, -0.1) is 0 Å². The lowest BCUT2D eigenvalue weighted by Crippen LogP contribution is -2.05. The van der Waals surface area contributed by atoms with Crippen LogP contribution in [0.2, 0.25) is 0 Å². The monoisotopic (exact) mass is 326 g/mol. The molecule has 0 aliphatic carbocycles. The summed E-state index contributed by atoms with van der Waals surface area (Å²) in [5.74, 6) is 1.34. The van der Waals surface area contributed by atoms with Crippen LogP contribution in [0, 0.1) is 6.92 Å². The summed E-state index contributed by atoms with van der Waals surface area (Å²) in [5.41, 5.74) is 0.507. The summed E-state index contributed by atoms with van der Waals surface area (Å²) in [5, 5.41) is 10.4. The van der Waals surface area contributed by atoms with Crippen molar-refractivity contribution >= 4 is 11.0 Å². The zero-order chi connectivity index (χ0) is 16.9. The van der Waals surface area contributed by atoms with E-state index in [9.17, 15) is 9.90 Å². The van der Waals surface area contributed by atoms with Crippen molar-refractivity contribution in [3.63, 3.8) is 0 Å². The first-order valence-corrected chi connectivity index (χ1v) is 7.71. The Morgan fingerprint density at radius 3 is 2.46 bits per heavy atom. The largest absolute Gasteiger partial charge is 0.507 e. The Morgan fingerprint density at radius 2 is 1.71 bits per heavy atom. The zero-order valence-corrected chi connectivity index (χ0v) is 13.3. The average Bonchev–Trinajstić information content (AvgIpc) is 2.54. The Hall–Kier alpha value is -2.95. The predicted octanol–water partition coefficient (Wildman–Crippen LogP) is 3.65. The fourth-order valence-corrected chi connectivity index (χ4v) is 2.49. The molecule has 1 aromatic heterocycles. The number of rotatable bonds is 6. The van der Waals surface area contributed by atoms with Gasteiger partial charge in [0, 0.05) is 12.5 Å². The third-order valence-electron chi connectivity index (χ3n) is 3.56. The van der Waals surface area contributed by atoms with Gasteiger partial charge in [-0.1, -0.05) is 18.2 Å². The average molecular weight is 326 g/mol. The van der Waals surface area contributed by atoms with E-state index in [1.165, 1.54) is 0 Å². The van der Waals surface area contributed by atoms with Gasteiger partial charge in [0.2, 0.25) is 0 Å². The first-order valence-electron chi connectivity index (χ1n) is 7.71. The summed E-state index contributed by atoms with van der Waals surface area (Å²) >= 11 is 0. The van der Waals surface area contributed by atoms with Crippen molar-refractivity contribution in [2.24, 2.45) is 0 Å². The third-order valence-corrected chi connectivity index (χ3v) is 3.56. The van der Waals surface area contributed by atoms with E-state index in [1.807, 2.05) is 37.3 Å². The molecule has 0 bridgehead atoms. The SMILES string of the molecule is Cc1cc(OCCCOc2ccccc2)cc2oc(=O)cc(O)c12. The predicted molar refractivity (Wildman–Crippen MR) is 90.9 cm³/mol. The molecule has 2 aromatic carbocycles. The summed E-state index contributed by atoms with van der Waals surface area (Å²) < 4.78 is 16.4. The van der Waals surface area contributed by atoms with Gasteiger partial charge in [0.1, 0.15) is 22.8 Å². The number of ether oxygens (including phenoxy) is 2. The van der Waals surface area contributed by atoms with Crippen LogP contribution in [0.1, 0.15) is 12.0 Å². The molecular formula is C19H18O5. The number of aromatic hydroxyl groups is 1. The first-order chi connectivity index (χ1) is 11.6. The van der Waals surface area contributed by atoms with E-state index in [-0.39, 0.29) is 5.75 Å². The van der Waals surface area contributed by atoms with Gasteiger partial charge >= 0.3 is 5.63 Å². The molecule has 24 heavy (non-hydrogen) atoms. The molecule has 0 amide bonds. The van der Waals surface area contributed by atoms with E-state index in [0.717, 1.165) is 23.8 Å². The maximum atomic E-state index is 11.4. The number of para-hydroxylation sites is 1. The molecular weight excluding hydrogens is 308 g/mol. The third kappa shape index (κ3) is 3.68. The van der Waals surface area contributed by atoms with Gasteiger partial charge in [-0.05, 0) is 30.7 Å². The molecule has 0 saturated heterocycles. The van der Waals surface area contributed by atoms with E-state index in [1.54, 1.807) is 12.1 Å². The molecule has 3 rings (SSSR count). The normalized spacial score (nSPS) is 10.7. The Bertz CT molecular complexity index is 883.